The Morgan fingerprint density at radius 3 is 1.48 bits per heavy atom. The van der Waals surface area contributed by atoms with Gasteiger partial charge in [-0.25, -0.2) is 0 Å². The first-order valence-corrected chi connectivity index (χ1v) is 5.23. The molecule has 13 nitrogen and oxygen atoms in total. The summed E-state index contributed by atoms with van der Waals surface area (Å²) in [6, 6.07) is 0. The van der Waals surface area contributed by atoms with Crippen LogP contribution < -0.4 is 0 Å². The molecule has 0 aromatic carbocycles. The Kier molecular flexibility index (Phi) is 6.46. The molecule has 0 aromatic heterocycles. The molecule has 0 aromatic rings. The van der Waals surface area contributed by atoms with Gasteiger partial charge in [0.15, 0.2) is 0 Å². The van der Waals surface area contributed by atoms with Crippen LogP contribution in [0.3, 0.4) is 0 Å². The van der Waals surface area contributed by atoms with E-state index in [9.17, 15) is 19.5 Å². The zero-order valence-corrected chi connectivity index (χ0v) is 10.0. The number of hydrogen-bond acceptors (Lipinski definition) is 13. The van der Waals surface area contributed by atoms with E-state index in [1.54, 1.807) is 0 Å². The van der Waals surface area contributed by atoms with Crippen LogP contribution >= 0.6 is 0 Å². The summed E-state index contributed by atoms with van der Waals surface area (Å²) < 4.78 is 61.9. The molecule has 2 saturated heterocycles. The average molecular weight is 296 g/mol. The topological polar surface area (TPSA) is 158 Å². The van der Waals surface area contributed by atoms with Gasteiger partial charge >= 0.3 is 119 Å². The normalized spacial score (nSPS) is 19.9. The fourth-order valence-corrected chi connectivity index (χ4v) is 1.19. The molecular weight excluding hydrogens is 294 g/mol. The van der Waals surface area contributed by atoms with E-state index in [0.29, 0.717) is 0 Å². The van der Waals surface area contributed by atoms with Crippen molar-refractivity contribution in [2.75, 3.05) is 0 Å². The fraction of sp³-hybridized carbons (Fsp3) is 0. The molecule has 2 rings (SSSR count). The summed E-state index contributed by atoms with van der Waals surface area (Å²) in [7, 11) is -11.1. The molecule has 2 heterocycles. The molecule has 2 aliphatic rings. The maximum atomic E-state index is 10.2. The van der Waals surface area contributed by atoms with E-state index in [-0.39, 0.29) is 14.7 Å². The molecule has 0 amide bonds. The van der Waals surface area contributed by atoms with Crippen molar-refractivity contribution in [3.8, 4) is 0 Å². The molecule has 0 radical (unpaired) electrons. The maximum absolute atomic E-state index is 10.2. The first-order valence-electron chi connectivity index (χ1n) is 5.23. The zero-order valence-electron chi connectivity index (χ0n) is 10.0. The Morgan fingerprint density at radius 2 is 1.10 bits per heavy atom. The molecule has 0 saturated carbocycles. The van der Waals surface area contributed by atoms with Crippen LogP contribution in [0, 0.1) is 0 Å². The van der Waals surface area contributed by atoms with Crippen molar-refractivity contribution in [2.24, 2.45) is 0 Å². The van der Waals surface area contributed by atoms with E-state index in [0.717, 1.165) is 0 Å². The van der Waals surface area contributed by atoms with E-state index in [4.69, 9.17) is 13.7 Å². The van der Waals surface area contributed by atoms with E-state index in [1.807, 2.05) is 0 Å². The van der Waals surface area contributed by atoms with Crippen LogP contribution in [0.15, 0.2) is 0 Å². The Hall–Kier alpha value is -0.641. The quantitative estimate of drug-likeness (QED) is 0.475. The number of rotatable bonds is 4. The van der Waals surface area contributed by atoms with Gasteiger partial charge in [-0.05, 0) is 0 Å². The molecule has 2 bridgehead atoms. The van der Waals surface area contributed by atoms with Gasteiger partial charge in [0.05, 0.1) is 0 Å². The predicted octanol–water partition coefficient (Wildman–Crippen LogP) is -5.01. The second-order valence-electron chi connectivity index (χ2n) is 3.19. The summed E-state index contributed by atoms with van der Waals surface area (Å²) in [5.41, 5.74) is 0. The fourth-order valence-electron chi connectivity index (χ4n) is 1.19. The third-order valence-electron chi connectivity index (χ3n) is 1.91. The van der Waals surface area contributed by atoms with Gasteiger partial charge in [-0.2, -0.15) is 0 Å². The molecule has 0 unspecified atom stereocenters. The van der Waals surface area contributed by atoms with Crippen LogP contribution in [0.5, 0.6) is 0 Å². The SMILES string of the molecule is O=BOB1OB(O)OB2OB(OB=O)OB(O)OB(O1)O2. The van der Waals surface area contributed by atoms with Crippen molar-refractivity contribution in [3.63, 3.8) is 0 Å². The van der Waals surface area contributed by atoms with E-state index in [2.05, 4.69) is 27.4 Å². The molecular formula is H2B8O13. The zero-order chi connectivity index (χ0) is 15.2. The van der Waals surface area contributed by atoms with Gasteiger partial charge in [0, 0.05) is 0 Å². The third-order valence-corrected chi connectivity index (χ3v) is 1.91. The van der Waals surface area contributed by atoms with Gasteiger partial charge in [0.25, 0.3) is 0 Å². The molecule has 2 N–H and O–H groups in total. The van der Waals surface area contributed by atoms with Gasteiger partial charge in [-0.3, -0.25) is 0 Å². The van der Waals surface area contributed by atoms with E-state index < -0.39 is 43.9 Å². The average Bonchev–Trinajstić information content (AvgIpc) is 2.35. The van der Waals surface area contributed by atoms with Crippen LogP contribution in [0.1, 0.15) is 0 Å². The first kappa shape index (κ1) is 16.7. The van der Waals surface area contributed by atoms with Crippen molar-refractivity contribution < 1.29 is 60.6 Å². The van der Waals surface area contributed by atoms with Crippen LogP contribution in [-0.4, -0.2) is 68.7 Å². The van der Waals surface area contributed by atoms with E-state index in [1.165, 1.54) is 0 Å². The summed E-state index contributed by atoms with van der Waals surface area (Å²) in [6.07, 6.45) is 0. The number of fused-ring (bicyclic) bond motifs is 2. The molecule has 21 heavy (non-hydrogen) atoms. The molecule has 21 heteroatoms. The van der Waals surface area contributed by atoms with Gasteiger partial charge in [-0.15, -0.1) is 0 Å². The molecule has 0 spiro atoms. The van der Waals surface area contributed by atoms with Crippen molar-refractivity contribution in [1.29, 1.82) is 0 Å². The summed E-state index contributed by atoms with van der Waals surface area (Å²) in [5, 5.41) is 18.7. The second-order valence-corrected chi connectivity index (χ2v) is 3.19. The van der Waals surface area contributed by atoms with Gasteiger partial charge in [-0.1, -0.05) is 0 Å². The standard InChI is InChI=1S/B8H2O13/c9-1-13-5-15-3(11)17-8-20-6(14-2-10)16-4(12)18-7(19-5)21-8/h11-12H. The van der Waals surface area contributed by atoms with Crippen molar-refractivity contribution in [1.82, 2.24) is 0 Å². The van der Waals surface area contributed by atoms with Gasteiger partial charge in [0.2, 0.25) is 0 Å². The Balaban J connectivity index is 2.06. The van der Waals surface area contributed by atoms with Crippen molar-refractivity contribution >= 4 is 58.6 Å². The van der Waals surface area contributed by atoms with Crippen LogP contribution in [-0.2, 0) is 50.6 Å². The molecule has 104 valence electrons. The molecule has 2 aliphatic heterocycles. The Labute approximate surface area is 120 Å². The minimum absolute atomic E-state index is 0.0449. The predicted molar refractivity (Wildman–Crippen MR) is 61.6 cm³/mol. The van der Waals surface area contributed by atoms with Crippen molar-refractivity contribution in [2.45, 2.75) is 0 Å². The Morgan fingerprint density at radius 1 is 0.667 bits per heavy atom. The van der Waals surface area contributed by atoms with Gasteiger partial charge < -0.3 is 0 Å². The summed E-state index contributed by atoms with van der Waals surface area (Å²) in [6.45, 7) is 0. The molecule has 0 aliphatic carbocycles. The minimum atomic E-state index is -2.00. The molecule has 0 atom stereocenters. The third kappa shape index (κ3) is 5.24. The van der Waals surface area contributed by atoms with Crippen LogP contribution in [0.4, 0.5) is 0 Å². The summed E-state index contributed by atoms with van der Waals surface area (Å²) in [4.78, 5) is 0. The van der Waals surface area contributed by atoms with E-state index >= 15 is 0 Å². The van der Waals surface area contributed by atoms with Crippen LogP contribution in [0.25, 0.3) is 0 Å². The summed E-state index contributed by atoms with van der Waals surface area (Å²) >= 11 is 0. The second kappa shape index (κ2) is 8.11. The number of hydrogen-bond donors (Lipinski definition) is 2. The summed E-state index contributed by atoms with van der Waals surface area (Å²) in [5.74, 6) is 0. The molecule has 2 fully saturated rings. The Bertz CT molecular complexity index is 317. The van der Waals surface area contributed by atoms with Gasteiger partial charge in [0.1, 0.15) is 0 Å². The van der Waals surface area contributed by atoms with Crippen LogP contribution in [0.2, 0.25) is 0 Å². The van der Waals surface area contributed by atoms with Crippen molar-refractivity contribution in [3.05, 3.63) is 0 Å². The first-order chi connectivity index (χ1) is 10.1. The monoisotopic (exact) mass is 298 g/mol.